The topological polar surface area (TPSA) is 115 Å². The number of ether oxygens (including phenoxy) is 1. The largest absolute Gasteiger partial charge is 0.494 e. The number of hydrogen-bond acceptors (Lipinski definition) is 7. The first-order valence-corrected chi connectivity index (χ1v) is 14.9. The summed E-state index contributed by atoms with van der Waals surface area (Å²) < 4.78 is 37.1. The highest BCUT2D eigenvalue weighted by Crippen LogP contribution is 2.18. The molecule has 1 fully saturated rings. The van der Waals surface area contributed by atoms with E-state index >= 15 is 0 Å². The predicted octanol–water partition coefficient (Wildman–Crippen LogP) is 4.83. The molecule has 0 spiro atoms. The zero-order chi connectivity index (χ0) is 28.7. The molecule has 1 atom stereocenters. The molecule has 0 amide bonds. The number of hydrogen-bond donors (Lipinski definition) is 1. The van der Waals surface area contributed by atoms with Crippen LogP contribution in [0.25, 0.3) is 16.6 Å². The van der Waals surface area contributed by atoms with Crippen LogP contribution in [0, 0.1) is 19.8 Å². The molecule has 1 N–H and O–H groups in total. The average Bonchev–Trinajstić information content (AvgIpc) is 2.92. The smallest absolute Gasteiger partial charge is 0.294 e. The van der Waals surface area contributed by atoms with Gasteiger partial charge in [0.1, 0.15) is 11.6 Å². The van der Waals surface area contributed by atoms with E-state index < -0.39 is 10.1 Å². The monoisotopic (exact) mass is 564 g/mol. The highest BCUT2D eigenvalue weighted by atomic mass is 32.2. The van der Waals surface area contributed by atoms with Crippen LogP contribution in [-0.2, 0) is 10.1 Å². The maximum atomic E-state index is 12.9. The van der Waals surface area contributed by atoms with Crippen LogP contribution >= 0.6 is 0 Å². The summed E-state index contributed by atoms with van der Waals surface area (Å²) in [6.45, 7) is 10.2. The van der Waals surface area contributed by atoms with Gasteiger partial charge in [-0.2, -0.15) is 8.42 Å². The molecule has 1 aliphatic rings. The quantitative estimate of drug-likeness (QED) is 0.251. The Morgan fingerprint density at radius 1 is 1.05 bits per heavy atom. The Labute approximate surface area is 235 Å². The van der Waals surface area contributed by atoms with Crippen LogP contribution in [0.3, 0.4) is 0 Å². The SMILES string of the molecule is Cc1ccc(S(=O)(=O)O)cc1.Cc1nc2ccncc2c(=O)n1-c1ccc(OCCCN2CCC[C@H](C)C2)cc1. The molecule has 0 saturated carbocycles. The van der Waals surface area contributed by atoms with Gasteiger partial charge in [0.15, 0.2) is 0 Å². The third-order valence-corrected chi connectivity index (χ3v) is 7.75. The fourth-order valence-electron chi connectivity index (χ4n) is 4.81. The van der Waals surface area contributed by atoms with Crippen molar-refractivity contribution in [3.8, 4) is 11.4 Å². The van der Waals surface area contributed by atoms with Crippen molar-refractivity contribution in [2.75, 3.05) is 26.2 Å². The van der Waals surface area contributed by atoms with Gasteiger partial charge >= 0.3 is 0 Å². The summed E-state index contributed by atoms with van der Waals surface area (Å²) in [6, 6.07) is 15.4. The maximum Gasteiger partial charge on any atom is 0.294 e. The molecule has 3 heterocycles. The molecule has 10 heteroatoms. The Morgan fingerprint density at radius 3 is 2.45 bits per heavy atom. The summed E-state index contributed by atoms with van der Waals surface area (Å²) in [5, 5.41) is 0.519. The lowest BCUT2D eigenvalue weighted by Gasteiger charge is -2.30. The van der Waals surface area contributed by atoms with E-state index in [1.54, 1.807) is 35.2 Å². The lowest BCUT2D eigenvalue weighted by atomic mass is 10.0. The number of nitrogens with zero attached hydrogens (tertiary/aromatic N) is 4. The molecule has 0 bridgehead atoms. The first-order chi connectivity index (χ1) is 19.1. The first kappa shape index (κ1) is 29.4. The predicted molar refractivity (Wildman–Crippen MR) is 156 cm³/mol. The molecule has 40 heavy (non-hydrogen) atoms. The third-order valence-electron chi connectivity index (χ3n) is 6.88. The molecule has 0 radical (unpaired) electrons. The number of likely N-dealkylation sites (tertiary alicyclic amines) is 1. The van der Waals surface area contributed by atoms with Crippen LogP contribution in [0.4, 0.5) is 0 Å². The summed E-state index contributed by atoms with van der Waals surface area (Å²) in [5.74, 6) is 2.28. The standard InChI is InChI=1S/C23H28N4O2.C7H8O3S/c1-17-5-3-12-26(16-17)13-4-14-29-20-8-6-19(7-9-20)27-18(2)25-22-10-11-24-15-21(22)23(27)28;1-6-2-4-7(5-3-6)11(8,9)10/h6-11,15,17H,3-5,12-14,16H2,1-2H3;2-5H,1H3,(H,8,9,10)/t17-;/m0./s1. The second-order valence-electron chi connectivity index (χ2n) is 10.2. The van der Waals surface area contributed by atoms with Crippen molar-refractivity contribution in [2.24, 2.45) is 5.92 Å². The van der Waals surface area contributed by atoms with E-state index in [0.29, 0.717) is 23.3 Å². The van der Waals surface area contributed by atoms with E-state index in [1.165, 1.54) is 38.1 Å². The summed E-state index contributed by atoms with van der Waals surface area (Å²) in [5.41, 5.74) is 2.30. The van der Waals surface area contributed by atoms with Gasteiger partial charge in [-0.25, -0.2) is 4.98 Å². The molecule has 0 unspecified atom stereocenters. The Hall–Kier alpha value is -3.60. The van der Waals surface area contributed by atoms with Gasteiger partial charge in [0, 0.05) is 25.5 Å². The van der Waals surface area contributed by atoms with Crippen molar-refractivity contribution in [1.29, 1.82) is 0 Å². The van der Waals surface area contributed by atoms with E-state index in [0.717, 1.165) is 35.9 Å². The number of piperidine rings is 1. The van der Waals surface area contributed by atoms with Gasteiger partial charge in [-0.05, 0) is 88.0 Å². The molecular weight excluding hydrogens is 528 g/mol. The zero-order valence-electron chi connectivity index (χ0n) is 23.2. The Morgan fingerprint density at radius 2 is 1.77 bits per heavy atom. The van der Waals surface area contributed by atoms with Crippen molar-refractivity contribution in [3.63, 3.8) is 0 Å². The Bertz CT molecular complexity index is 1590. The molecule has 212 valence electrons. The van der Waals surface area contributed by atoms with E-state index in [1.807, 2.05) is 38.1 Å². The molecule has 5 rings (SSSR count). The summed E-state index contributed by atoms with van der Waals surface area (Å²) in [4.78, 5) is 23.9. The number of rotatable bonds is 7. The minimum absolute atomic E-state index is 0.0666. The lowest BCUT2D eigenvalue weighted by Crippen LogP contribution is -2.35. The fourth-order valence-corrected chi connectivity index (χ4v) is 5.29. The summed E-state index contributed by atoms with van der Waals surface area (Å²) >= 11 is 0. The van der Waals surface area contributed by atoms with Gasteiger partial charge in [0.2, 0.25) is 0 Å². The van der Waals surface area contributed by atoms with Crippen LogP contribution in [-0.4, -0.2) is 58.6 Å². The summed E-state index contributed by atoms with van der Waals surface area (Å²) in [7, 11) is -4.02. The van der Waals surface area contributed by atoms with E-state index in [2.05, 4.69) is 21.8 Å². The normalized spacial score (nSPS) is 15.8. The van der Waals surface area contributed by atoms with Crippen LogP contribution in [0.5, 0.6) is 5.75 Å². The number of aromatic nitrogens is 3. The molecule has 4 aromatic rings. The van der Waals surface area contributed by atoms with Crippen LogP contribution in [0.15, 0.2) is 76.7 Å². The van der Waals surface area contributed by atoms with E-state index in [9.17, 15) is 13.2 Å². The molecule has 1 aliphatic heterocycles. The number of benzene rings is 2. The number of aryl methyl sites for hydroxylation is 2. The van der Waals surface area contributed by atoms with Crippen LogP contribution < -0.4 is 10.3 Å². The van der Waals surface area contributed by atoms with Crippen molar-refractivity contribution in [3.05, 3.63) is 88.7 Å². The van der Waals surface area contributed by atoms with Crippen LogP contribution in [0.2, 0.25) is 0 Å². The molecule has 0 aliphatic carbocycles. The molecule has 2 aromatic carbocycles. The zero-order valence-corrected chi connectivity index (χ0v) is 24.0. The highest BCUT2D eigenvalue weighted by molar-refractivity contribution is 7.85. The van der Waals surface area contributed by atoms with E-state index in [4.69, 9.17) is 9.29 Å². The minimum atomic E-state index is -4.02. The lowest BCUT2D eigenvalue weighted by molar-refractivity contribution is 0.170. The molecule has 9 nitrogen and oxygen atoms in total. The second-order valence-corrected chi connectivity index (χ2v) is 11.6. The van der Waals surface area contributed by atoms with Gasteiger partial charge in [0.05, 0.1) is 28.1 Å². The first-order valence-electron chi connectivity index (χ1n) is 13.4. The minimum Gasteiger partial charge on any atom is -0.494 e. The maximum absolute atomic E-state index is 12.9. The van der Waals surface area contributed by atoms with Gasteiger partial charge in [-0.1, -0.05) is 24.6 Å². The van der Waals surface area contributed by atoms with Crippen molar-refractivity contribution < 1.29 is 17.7 Å². The number of pyridine rings is 1. The summed E-state index contributed by atoms with van der Waals surface area (Å²) in [6.07, 6.45) is 6.90. The van der Waals surface area contributed by atoms with E-state index in [-0.39, 0.29) is 10.5 Å². The van der Waals surface area contributed by atoms with Gasteiger partial charge in [-0.15, -0.1) is 0 Å². The Balaban J connectivity index is 0.000000283. The second kappa shape index (κ2) is 13.2. The third kappa shape index (κ3) is 7.74. The van der Waals surface area contributed by atoms with Gasteiger partial charge < -0.3 is 9.64 Å². The van der Waals surface area contributed by atoms with Crippen molar-refractivity contribution in [1.82, 2.24) is 19.4 Å². The highest BCUT2D eigenvalue weighted by Gasteiger charge is 2.15. The molecular formula is C30H36N4O5S. The number of fused-ring (bicyclic) bond motifs is 1. The van der Waals surface area contributed by atoms with Gasteiger partial charge in [-0.3, -0.25) is 18.9 Å². The van der Waals surface area contributed by atoms with Crippen molar-refractivity contribution in [2.45, 2.75) is 44.9 Å². The molecule has 2 aromatic heterocycles. The van der Waals surface area contributed by atoms with Gasteiger partial charge in [0.25, 0.3) is 15.7 Å². The van der Waals surface area contributed by atoms with Crippen LogP contribution in [0.1, 0.15) is 37.6 Å². The Kier molecular flexibility index (Phi) is 9.67. The average molecular weight is 565 g/mol. The van der Waals surface area contributed by atoms with Crippen molar-refractivity contribution >= 4 is 21.0 Å². The fraction of sp³-hybridized carbons (Fsp3) is 0.367. The molecule has 1 saturated heterocycles.